The standard InChI is InChI=1S/C23H27N3O3S2/c1-15-7-8-17-18(12-15)31-21-20(17)22(28)26(13-16-6-5-11-29-16)23(24-21)30-14-19(27)25-9-3-2-4-10-25/h5-6,11,15H,2-4,7-10,12-14H2,1H3. The molecule has 1 aliphatic carbocycles. The number of furan rings is 1. The third kappa shape index (κ3) is 4.20. The SMILES string of the molecule is CC1CCc2c(sc3nc(SCC(=O)N4CCCCC4)n(Cc4ccco4)c(=O)c23)C1. The first-order valence-electron chi connectivity index (χ1n) is 11.1. The van der Waals surface area contributed by atoms with Crippen molar-refractivity contribution < 1.29 is 9.21 Å². The van der Waals surface area contributed by atoms with Crippen LogP contribution in [0, 0.1) is 5.92 Å². The molecule has 31 heavy (non-hydrogen) atoms. The third-order valence-corrected chi connectivity index (χ3v) is 8.42. The molecule has 0 N–H and O–H groups in total. The van der Waals surface area contributed by atoms with Crippen molar-refractivity contribution in [2.24, 2.45) is 5.92 Å². The number of fused-ring (bicyclic) bond motifs is 3. The summed E-state index contributed by atoms with van der Waals surface area (Å²) >= 11 is 3.03. The average Bonchev–Trinajstić information content (AvgIpc) is 3.42. The van der Waals surface area contributed by atoms with Crippen molar-refractivity contribution in [1.82, 2.24) is 14.5 Å². The largest absolute Gasteiger partial charge is 0.467 e. The van der Waals surface area contributed by atoms with Crippen molar-refractivity contribution >= 4 is 39.2 Å². The minimum absolute atomic E-state index is 0.0126. The van der Waals surface area contributed by atoms with E-state index in [0.717, 1.165) is 55.4 Å². The van der Waals surface area contributed by atoms with E-state index in [1.54, 1.807) is 22.2 Å². The van der Waals surface area contributed by atoms with E-state index in [0.29, 0.717) is 29.1 Å². The molecule has 2 aliphatic rings. The Hall–Kier alpha value is -2.06. The second kappa shape index (κ2) is 8.82. The normalized spacial score (nSPS) is 19.0. The summed E-state index contributed by atoms with van der Waals surface area (Å²) in [5, 5.41) is 1.37. The van der Waals surface area contributed by atoms with Gasteiger partial charge in [0.2, 0.25) is 5.91 Å². The van der Waals surface area contributed by atoms with E-state index in [-0.39, 0.29) is 11.5 Å². The molecule has 3 aromatic heterocycles. The Balaban J connectivity index is 1.50. The number of likely N-dealkylation sites (tertiary alicyclic amines) is 1. The van der Waals surface area contributed by atoms with E-state index in [2.05, 4.69) is 6.92 Å². The molecular formula is C23H27N3O3S2. The molecule has 8 heteroatoms. The zero-order chi connectivity index (χ0) is 21.4. The topological polar surface area (TPSA) is 68.3 Å². The zero-order valence-corrected chi connectivity index (χ0v) is 19.4. The van der Waals surface area contributed by atoms with Crippen LogP contribution in [0.15, 0.2) is 32.8 Å². The monoisotopic (exact) mass is 457 g/mol. The van der Waals surface area contributed by atoms with Gasteiger partial charge in [0.05, 0.1) is 23.9 Å². The van der Waals surface area contributed by atoms with Crippen LogP contribution in [-0.4, -0.2) is 39.2 Å². The predicted octanol–water partition coefficient (Wildman–Crippen LogP) is 4.33. The van der Waals surface area contributed by atoms with E-state index >= 15 is 0 Å². The molecule has 1 unspecified atom stereocenters. The van der Waals surface area contributed by atoms with E-state index < -0.39 is 0 Å². The van der Waals surface area contributed by atoms with Crippen molar-refractivity contribution in [3.63, 3.8) is 0 Å². The Morgan fingerprint density at radius 1 is 1.32 bits per heavy atom. The molecule has 0 saturated carbocycles. The van der Waals surface area contributed by atoms with Gasteiger partial charge in [-0.1, -0.05) is 18.7 Å². The van der Waals surface area contributed by atoms with Crippen molar-refractivity contribution in [2.75, 3.05) is 18.8 Å². The van der Waals surface area contributed by atoms with Crippen LogP contribution in [0.4, 0.5) is 0 Å². The molecule has 1 amide bonds. The molecule has 4 heterocycles. The number of aryl methyl sites for hydroxylation is 1. The van der Waals surface area contributed by atoms with E-state index in [1.165, 1.54) is 28.6 Å². The smallest absolute Gasteiger partial charge is 0.263 e. The summed E-state index contributed by atoms with van der Waals surface area (Å²) in [5.74, 6) is 1.79. The molecule has 1 aliphatic heterocycles. The lowest BCUT2D eigenvalue weighted by Crippen LogP contribution is -2.37. The highest BCUT2D eigenvalue weighted by atomic mass is 32.2. The number of thioether (sulfide) groups is 1. The van der Waals surface area contributed by atoms with Crippen LogP contribution in [-0.2, 0) is 24.2 Å². The highest BCUT2D eigenvalue weighted by Crippen LogP contribution is 2.36. The van der Waals surface area contributed by atoms with Gasteiger partial charge in [0.15, 0.2) is 5.16 Å². The molecule has 1 fully saturated rings. The predicted molar refractivity (Wildman–Crippen MR) is 124 cm³/mol. The quantitative estimate of drug-likeness (QED) is 0.421. The molecule has 6 nitrogen and oxygen atoms in total. The Kier molecular flexibility index (Phi) is 5.93. The molecule has 164 valence electrons. The van der Waals surface area contributed by atoms with Gasteiger partial charge in [-0.3, -0.25) is 14.2 Å². The Morgan fingerprint density at radius 3 is 2.94 bits per heavy atom. The lowest BCUT2D eigenvalue weighted by Gasteiger charge is -2.26. The van der Waals surface area contributed by atoms with E-state index in [9.17, 15) is 9.59 Å². The average molecular weight is 458 g/mol. The molecule has 3 aromatic rings. The number of hydrogen-bond acceptors (Lipinski definition) is 6. The molecule has 1 atom stereocenters. The van der Waals surface area contributed by atoms with Crippen molar-refractivity contribution in [3.8, 4) is 0 Å². The van der Waals surface area contributed by atoms with Gasteiger partial charge in [0, 0.05) is 18.0 Å². The van der Waals surface area contributed by atoms with Gasteiger partial charge in [-0.15, -0.1) is 11.3 Å². The van der Waals surface area contributed by atoms with Crippen molar-refractivity contribution in [3.05, 3.63) is 45.0 Å². The zero-order valence-electron chi connectivity index (χ0n) is 17.8. The maximum Gasteiger partial charge on any atom is 0.263 e. The number of piperidine rings is 1. The summed E-state index contributed by atoms with van der Waals surface area (Å²) < 4.78 is 7.21. The summed E-state index contributed by atoms with van der Waals surface area (Å²) in [6, 6.07) is 3.70. The first-order valence-corrected chi connectivity index (χ1v) is 12.9. The van der Waals surface area contributed by atoms with Crippen LogP contribution in [0.3, 0.4) is 0 Å². The lowest BCUT2D eigenvalue weighted by molar-refractivity contribution is -0.129. The number of hydrogen-bond donors (Lipinski definition) is 0. The molecule has 1 saturated heterocycles. The van der Waals surface area contributed by atoms with E-state index in [1.807, 2.05) is 17.0 Å². The molecular weight excluding hydrogens is 430 g/mol. The van der Waals surface area contributed by atoms with Crippen molar-refractivity contribution in [1.29, 1.82) is 0 Å². The minimum atomic E-state index is -0.0126. The number of aromatic nitrogens is 2. The maximum absolute atomic E-state index is 13.6. The van der Waals surface area contributed by atoms with Gasteiger partial charge >= 0.3 is 0 Å². The van der Waals surface area contributed by atoms with Crippen LogP contribution in [0.2, 0.25) is 0 Å². The second-order valence-corrected chi connectivity index (χ2v) is 10.7. The van der Waals surface area contributed by atoms with Crippen LogP contribution < -0.4 is 5.56 Å². The fourth-order valence-electron chi connectivity index (χ4n) is 4.57. The summed E-state index contributed by atoms with van der Waals surface area (Å²) in [5.41, 5.74) is 1.17. The summed E-state index contributed by atoms with van der Waals surface area (Å²) in [6.07, 6.45) is 8.02. The van der Waals surface area contributed by atoms with Gasteiger partial charge in [-0.05, 0) is 62.1 Å². The van der Waals surface area contributed by atoms with E-state index in [4.69, 9.17) is 9.40 Å². The number of nitrogens with zero attached hydrogens (tertiary/aromatic N) is 3. The van der Waals surface area contributed by atoms with Gasteiger partial charge < -0.3 is 9.32 Å². The summed E-state index contributed by atoms with van der Waals surface area (Å²) in [4.78, 5) is 35.3. The Labute approximate surface area is 189 Å². The first-order chi connectivity index (χ1) is 15.1. The van der Waals surface area contributed by atoms with Gasteiger partial charge in [-0.2, -0.15) is 0 Å². The van der Waals surface area contributed by atoms with Gasteiger partial charge in [0.25, 0.3) is 5.56 Å². The fraction of sp³-hybridized carbons (Fsp3) is 0.522. The van der Waals surface area contributed by atoms with Gasteiger partial charge in [-0.25, -0.2) is 4.98 Å². The van der Waals surface area contributed by atoms with Crippen molar-refractivity contribution in [2.45, 2.75) is 57.1 Å². The molecule has 5 rings (SSSR count). The Morgan fingerprint density at radius 2 is 2.16 bits per heavy atom. The first kappa shape index (κ1) is 20.8. The number of carbonyl (C=O) groups excluding carboxylic acids is 1. The number of amides is 1. The molecule has 0 spiro atoms. The third-order valence-electron chi connectivity index (χ3n) is 6.31. The van der Waals surface area contributed by atoms with Crippen LogP contribution in [0.1, 0.15) is 48.8 Å². The number of thiophene rings is 1. The minimum Gasteiger partial charge on any atom is -0.467 e. The maximum atomic E-state index is 13.6. The highest BCUT2D eigenvalue weighted by molar-refractivity contribution is 7.99. The second-order valence-electron chi connectivity index (χ2n) is 8.63. The summed E-state index contributed by atoms with van der Waals surface area (Å²) in [7, 11) is 0. The summed E-state index contributed by atoms with van der Waals surface area (Å²) in [6.45, 7) is 4.27. The van der Waals surface area contributed by atoms with Crippen LogP contribution >= 0.6 is 23.1 Å². The van der Waals surface area contributed by atoms with Gasteiger partial charge in [0.1, 0.15) is 10.6 Å². The fourth-order valence-corrected chi connectivity index (χ4v) is 6.90. The number of rotatable bonds is 5. The van der Waals surface area contributed by atoms with Crippen LogP contribution in [0.25, 0.3) is 10.2 Å². The van der Waals surface area contributed by atoms with Crippen LogP contribution in [0.5, 0.6) is 0 Å². The Bertz CT molecular complexity index is 1140. The number of carbonyl (C=O) groups is 1. The highest BCUT2D eigenvalue weighted by Gasteiger charge is 2.25. The molecule has 0 radical (unpaired) electrons. The lowest BCUT2D eigenvalue weighted by atomic mass is 9.89. The molecule has 0 bridgehead atoms. The molecule has 0 aromatic carbocycles.